The Kier molecular flexibility index (Phi) is 5.20. The number of aromatic nitrogens is 2. The second-order valence-electron chi connectivity index (χ2n) is 6.49. The maximum absolute atomic E-state index is 12.3. The van der Waals surface area contributed by atoms with E-state index < -0.39 is 0 Å². The van der Waals surface area contributed by atoms with Gasteiger partial charge < -0.3 is 14.2 Å². The van der Waals surface area contributed by atoms with Crippen LogP contribution in [-0.2, 0) is 11.2 Å². The van der Waals surface area contributed by atoms with Crippen molar-refractivity contribution in [2.75, 3.05) is 19.7 Å². The van der Waals surface area contributed by atoms with Crippen molar-refractivity contribution in [3.63, 3.8) is 0 Å². The Morgan fingerprint density at radius 3 is 3.07 bits per heavy atom. The van der Waals surface area contributed by atoms with E-state index in [0.717, 1.165) is 24.3 Å². The molecule has 7 heteroatoms. The molecule has 2 aromatic heterocycles. The summed E-state index contributed by atoms with van der Waals surface area (Å²) in [7, 11) is 0. The number of rotatable bonds is 7. The van der Waals surface area contributed by atoms with Crippen molar-refractivity contribution in [2.45, 2.75) is 25.7 Å². The standard InChI is InChI=1S/C20H21N3O3S/c1-2-25-16-6-3-5-14(11-16)19-21-20(26-22-19)15-12-18(24)23(13-15)9-8-17-7-4-10-27-17/h3-7,10-11,15H,2,8-9,12-13H2,1H3. The topological polar surface area (TPSA) is 68.5 Å². The van der Waals surface area contributed by atoms with E-state index in [-0.39, 0.29) is 11.8 Å². The molecule has 27 heavy (non-hydrogen) atoms. The van der Waals surface area contributed by atoms with Gasteiger partial charge in [0.1, 0.15) is 5.75 Å². The minimum absolute atomic E-state index is 0.0443. The van der Waals surface area contributed by atoms with Crippen LogP contribution >= 0.6 is 11.3 Å². The fraction of sp³-hybridized carbons (Fsp3) is 0.350. The fourth-order valence-corrected chi connectivity index (χ4v) is 3.96. The zero-order chi connectivity index (χ0) is 18.6. The molecule has 1 aromatic carbocycles. The summed E-state index contributed by atoms with van der Waals surface area (Å²) in [6.45, 7) is 3.91. The molecule has 0 bridgehead atoms. The molecule has 0 spiro atoms. The Labute approximate surface area is 161 Å². The summed E-state index contributed by atoms with van der Waals surface area (Å²) in [6, 6.07) is 11.8. The average molecular weight is 383 g/mol. The largest absolute Gasteiger partial charge is 0.494 e. The van der Waals surface area contributed by atoms with E-state index in [4.69, 9.17) is 9.26 Å². The van der Waals surface area contributed by atoms with Crippen LogP contribution in [0, 0.1) is 0 Å². The summed E-state index contributed by atoms with van der Waals surface area (Å²) < 4.78 is 11.0. The lowest BCUT2D eigenvalue weighted by atomic mass is 10.1. The predicted molar refractivity (Wildman–Crippen MR) is 103 cm³/mol. The molecule has 1 atom stereocenters. The first kappa shape index (κ1) is 17.7. The molecule has 1 fully saturated rings. The molecule has 0 radical (unpaired) electrons. The molecule has 3 aromatic rings. The SMILES string of the molecule is CCOc1cccc(-c2noc(C3CC(=O)N(CCc4cccs4)C3)n2)c1. The minimum Gasteiger partial charge on any atom is -0.494 e. The number of benzene rings is 1. The van der Waals surface area contributed by atoms with Gasteiger partial charge in [-0.2, -0.15) is 4.98 Å². The van der Waals surface area contributed by atoms with E-state index in [9.17, 15) is 4.79 Å². The van der Waals surface area contributed by atoms with Crippen LogP contribution in [0.5, 0.6) is 5.75 Å². The van der Waals surface area contributed by atoms with Crippen molar-refractivity contribution >= 4 is 17.2 Å². The van der Waals surface area contributed by atoms with Gasteiger partial charge in [-0.05, 0) is 36.9 Å². The number of carbonyl (C=O) groups excluding carboxylic acids is 1. The van der Waals surface area contributed by atoms with E-state index in [0.29, 0.717) is 31.3 Å². The van der Waals surface area contributed by atoms with Gasteiger partial charge in [0.2, 0.25) is 17.6 Å². The van der Waals surface area contributed by atoms with Crippen LogP contribution < -0.4 is 4.74 Å². The highest BCUT2D eigenvalue weighted by molar-refractivity contribution is 7.09. The van der Waals surface area contributed by atoms with Gasteiger partial charge in [-0.15, -0.1) is 11.3 Å². The summed E-state index contributed by atoms with van der Waals surface area (Å²) in [5, 5.41) is 6.16. The van der Waals surface area contributed by atoms with Gasteiger partial charge >= 0.3 is 0 Å². The second-order valence-corrected chi connectivity index (χ2v) is 7.52. The van der Waals surface area contributed by atoms with Crippen LogP contribution in [-0.4, -0.2) is 40.6 Å². The van der Waals surface area contributed by atoms with Gasteiger partial charge in [-0.3, -0.25) is 4.79 Å². The van der Waals surface area contributed by atoms with E-state index in [1.165, 1.54) is 4.88 Å². The summed E-state index contributed by atoms with van der Waals surface area (Å²) in [5.74, 6) is 1.93. The predicted octanol–water partition coefficient (Wildman–Crippen LogP) is 3.76. The van der Waals surface area contributed by atoms with E-state index in [1.807, 2.05) is 42.2 Å². The Balaban J connectivity index is 1.42. The number of carbonyl (C=O) groups is 1. The zero-order valence-corrected chi connectivity index (χ0v) is 15.9. The fourth-order valence-electron chi connectivity index (χ4n) is 3.26. The van der Waals surface area contributed by atoms with E-state index in [1.54, 1.807) is 11.3 Å². The van der Waals surface area contributed by atoms with Crippen LogP contribution in [0.25, 0.3) is 11.4 Å². The number of hydrogen-bond acceptors (Lipinski definition) is 6. The summed E-state index contributed by atoms with van der Waals surface area (Å²) >= 11 is 1.72. The number of thiophene rings is 1. The van der Waals surface area contributed by atoms with Crippen LogP contribution in [0.3, 0.4) is 0 Å². The molecule has 0 aliphatic carbocycles. The minimum atomic E-state index is -0.0443. The summed E-state index contributed by atoms with van der Waals surface area (Å²) in [5.41, 5.74) is 0.842. The lowest BCUT2D eigenvalue weighted by molar-refractivity contribution is -0.127. The van der Waals surface area contributed by atoms with E-state index in [2.05, 4.69) is 21.6 Å². The van der Waals surface area contributed by atoms with Crippen LogP contribution in [0.1, 0.15) is 30.0 Å². The molecule has 3 heterocycles. The van der Waals surface area contributed by atoms with Crippen molar-refractivity contribution in [1.29, 1.82) is 0 Å². The molecular weight excluding hydrogens is 362 g/mol. The molecule has 0 saturated carbocycles. The first-order valence-electron chi connectivity index (χ1n) is 9.10. The number of hydrogen-bond donors (Lipinski definition) is 0. The molecular formula is C20H21N3O3S. The molecule has 6 nitrogen and oxygen atoms in total. The number of ether oxygens (including phenoxy) is 1. The summed E-state index contributed by atoms with van der Waals surface area (Å²) in [6.07, 6.45) is 1.31. The van der Waals surface area contributed by atoms with Gasteiger partial charge in [-0.25, -0.2) is 0 Å². The Bertz CT molecular complexity index is 907. The van der Waals surface area contributed by atoms with Gasteiger partial charge in [0.25, 0.3) is 0 Å². The van der Waals surface area contributed by atoms with Crippen molar-refractivity contribution in [2.24, 2.45) is 0 Å². The number of amides is 1. The van der Waals surface area contributed by atoms with Gasteiger partial charge in [0.05, 0.1) is 12.5 Å². The Morgan fingerprint density at radius 1 is 1.33 bits per heavy atom. The van der Waals surface area contributed by atoms with E-state index >= 15 is 0 Å². The zero-order valence-electron chi connectivity index (χ0n) is 15.1. The maximum atomic E-state index is 12.3. The molecule has 1 aliphatic heterocycles. The summed E-state index contributed by atoms with van der Waals surface area (Å²) in [4.78, 5) is 20.1. The van der Waals surface area contributed by atoms with Crippen LogP contribution in [0.15, 0.2) is 46.3 Å². The number of likely N-dealkylation sites (tertiary alicyclic amines) is 1. The van der Waals surface area contributed by atoms with Crippen molar-refractivity contribution < 1.29 is 14.1 Å². The van der Waals surface area contributed by atoms with Crippen LogP contribution in [0.2, 0.25) is 0 Å². The highest BCUT2D eigenvalue weighted by Gasteiger charge is 2.34. The van der Waals surface area contributed by atoms with Crippen molar-refractivity contribution in [1.82, 2.24) is 15.0 Å². The molecule has 1 saturated heterocycles. The van der Waals surface area contributed by atoms with Gasteiger partial charge in [-0.1, -0.05) is 23.4 Å². The highest BCUT2D eigenvalue weighted by Crippen LogP contribution is 2.29. The molecule has 0 N–H and O–H groups in total. The molecule has 140 valence electrons. The molecule has 1 unspecified atom stereocenters. The molecule has 1 amide bonds. The van der Waals surface area contributed by atoms with Gasteiger partial charge in [0, 0.05) is 30.0 Å². The number of nitrogens with zero attached hydrogens (tertiary/aromatic N) is 3. The lowest BCUT2D eigenvalue weighted by Gasteiger charge is -2.15. The van der Waals surface area contributed by atoms with Crippen molar-refractivity contribution in [3.8, 4) is 17.1 Å². The quantitative estimate of drug-likeness (QED) is 0.621. The first-order chi connectivity index (χ1) is 13.2. The normalized spacial score (nSPS) is 16.9. The molecule has 4 rings (SSSR count). The Morgan fingerprint density at radius 2 is 2.26 bits per heavy atom. The third kappa shape index (κ3) is 4.03. The third-order valence-corrected chi connectivity index (χ3v) is 5.55. The maximum Gasteiger partial charge on any atom is 0.232 e. The van der Waals surface area contributed by atoms with Gasteiger partial charge in [0.15, 0.2) is 0 Å². The second kappa shape index (κ2) is 7.92. The monoisotopic (exact) mass is 383 g/mol. The average Bonchev–Trinajstić information content (AvgIpc) is 3.42. The molecule has 1 aliphatic rings. The smallest absolute Gasteiger partial charge is 0.232 e. The third-order valence-electron chi connectivity index (χ3n) is 4.62. The lowest BCUT2D eigenvalue weighted by Crippen LogP contribution is -2.27. The Hall–Kier alpha value is -2.67. The highest BCUT2D eigenvalue weighted by atomic mass is 32.1. The first-order valence-corrected chi connectivity index (χ1v) is 9.98. The van der Waals surface area contributed by atoms with Crippen molar-refractivity contribution in [3.05, 3.63) is 52.5 Å². The van der Waals surface area contributed by atoms with Crippen LogP contribution in [0.4, 0.5) is 0 Å².